The van der Waals surface area contributed by atoms with Crippen molar-refractivity contribution in [3.63, 3.8) is 0 Å². The standard InChI is InChI=1S/C26H36N2O5/c1-31-14-13-28(26(30)16-22-8-4-2-5-9-22)19-25-18-27(12-15-33-25)17-24(29)21-32-20-23-10-6-3-7-11-23/h2-11,24-25,29H,12-21H2,1H3/t24-,25-/m0/s1. The first-order valence-electron chi connectivity index (χ1n) is 11.6. The van der Waals surface area contributed by atoms with Gasteiger partial charge >= 0.3 is 0 Å². The summed E-state index contributed by atoms with van der Waals surface area (Å²) < 4.78 is 16.8. The highest BCUT2D eigenvalue weighted by atomic mass is 16.5. The number of carbonyl (C=O) groups is 1. The lowest BCUT2D eigenvalue weighted by Crippen LogP contribution is -2.51. The van der Waals surface area contributed by atoms with E-state index in [9.17, 15) is 9.90 Å². The number of benzene rings is 2. The molecule has 0 saturated carbocycles. The van der Waals surface area contributed by atoms with Crippen molar-refractivity contribution in [2.45, 2.75) is 25.2 Å². The first-order chi connectivity index (χ1) is 16.1. The SMILES string of the molecule is COCCN(C[C@@H]1CN(C[C@H](O)COCc2ccccc2)CCO1)C(=O)Cc1ccccc1. The summed E-state index contributed by atoms with van der Waals surface area (Å²) in [6, 6.07) is 19.7. The largest absolute Gasteiger partial charge is 0.389 e. The lowest BCUT2D eigenvalue weighted by Gasteiger charge is -2.36. The van der Waals surface area contributed by atoms with Crippen LogP contribution >= 0.6 is 0 Å². The fraction of sp³-hybridized carbons (Fsp3) is 0.500. The number of aliphatic hydroxyl groups is 1. The van der Waals surface area contributed by atoms with Gasteiger partial charge in [0, 0.05) is 39.8 Å². The lowest BCUT2D eigenvalue weighted by atomic mass is 10.1. The number of carbonyl (C=O) groups excluding carboxylic acids is 1. The summed E-state index contributed by atoms with van der Waals surface area (Å²) in [6.45, 7) is 4.80. The molecule has 2 aromatic rings. The molecule has 2 atom stereocenters. The van der Waals surface area contributed by atoms with Crippen molar-refractivity contribution in [2.75, 3.05) is 59.7 Å². The molecule has 1 fully saturated rings. The summed E-state index contributed by atoms with van der Waals surface area (Å²) in [7, 11) is 1.64. The smallest absolute Gasteiger partial charge is 0.227 e. The molecule has 1 amide bonds. The van der Waals surface area contributed by atoms with Crippen LogP contribution in [0.4, 0.5) is 0 Å². The van der Waals surface area contributed by atoms with Crippen LogP contribution in [0.5, 0.6) is 0 Å². The fourth-order valence-electron chi connectivity index (χ4n) is 3.94. The second kappa shape index (κ2) is 14.1. The Labute approximate surface area is 196 Å². The van der Waals surface area contributed by atoms with E-state index in [1.54, 1.807) is 7.11 Å². The van der Waals surface area contributed by atoms with Crippen LogP contribution in [-0.4, -0.2) is 92.7 Å². The zero-order chi connectivity index (χ0) is 23.3. The molecule has 1 saturated heterocycles. The minimum absolute atomic E-state index is 0.0633. The molecule has 0 spiro atoms. The Morgan fingerprint density at radius 3 is 2.55 bits per heavy atom. The van der Waals surface area contributed by atoms with Gasteiger partial charge in [-0.25, -0.2) is 0 Å². The molecule has 7 heteroatoms. The van der Waals surface area contributed by atoms with Crippen LogP contribution in [0.25, 0.3) is 0 Å². The maximum atomic E-state index is 12.9. The number of nitrogens with zero attached hydrogens (tertiary/aromatic N) is 2. The monoisotopic (exact) mass is 456 g/mol. The number of methoxy groups -OCH3 is 1. The molecule has 1 N–H and O–H groups in total. The molecule has 0 aromatic heterocycles. The highest BCUT2D eigenvalue weighted by Gasteiger charge is 2.26. The van der Waals surface area contributed by atoms with Crippen molar-refractivity contribution in [1.82, 2.24) is 9.80 Å². The Bertz CT molecular complexity index is 805. The summed E-state index contributed by atoms with van der Waals surface area (Å²) in [5.41, 5.74) is 2.09. The Hall–Kier alpha value is -2.29. The van der Waals surface area contributed by atoms with Crippen LogP contribution in [0, 0.1) is 0 Å². The van der Waals surface area contributed by atoms with Gasteiger partial charge in [0.2, 0.25) is 5.91 Å². The maximum Gasteiger partial charge on any atom is 0.227 e. The zero-order valence-corrected chi connectivity index (χ0v) is 19.5. The highest BCUT2D eigenvalue weighted by Crippen LogP contribution is 2.11. The second-order valence-corrected chi connectivity index (χ2v) is 8.40. The molecule has 2 aromatic carbocycles. The molecule has 1 aliphatic rings. The molecule has 7 nitrogen and oxygen atoms in total. The number of hydrogen-bond donors (Lipinski definition) is 1. The molecule has 1 heterocycles. The zero-order valence-electron chi connectivity index (χ0n) is 19.5. The van der Waals surface area contributed by atoms with Gasteiger partial charge in [0.05, 0.1) is 45.1 Å². The third kappa shape index (κ3) is 9.23. The number of rotatable bonds is 13. The summed E-state index contributed by atoms with van der Waals surface area (Å²) in [4.78, 5) is 16.9. The van der Waals surface area contributed by atoms with E-state index in [1.165, 1.54) is 0 Å². The van der Waals surface area contributed by atoms with Crippen molar-refractivity contribution >= 4 is 5.91 Å². The van der Waals surface area contributed by atoms with Gasteiger partial charge in [-0.05, 0) is 11.1 Å². The van der Waals surface area contributed by atoms with Crippen molar-refractivity contribution in [1.29, 1.82) is 0 Å². The maximum absolute atomic E-state index is 12.9. The van der Waals surface area contributed by atoms with E-state index in [0.29, 0.717) is 52.4 Å². The van der Waals surface area contributed by atoms with E-state index < -0.39 is 6.10 Å². The van der Waals surface area contributed by atoms with Gasteiger partial charge in [-0.1, -0.05) is 60.7 Å². The van der Waals surface area contributed by atoms with E-state index in [4.69, 9.17) is 14.2 Å². The predicted molar refractivity (Wildman–Crippen MR) is 127 cm³/mol. The normalized spacial score (nSPS) is 17.6. The Balaban J connectivity index is 1.45. The van der Waals surface area contributed by atoms with E-state index in [-0.39, 0.29) is 18.6 Å². The van der Waals surface area contributed by atoms with E-state index >= 15 is 0 Å². The molecule has 3 rings (SSSR count). The van der Waals surface area contributed by atoms with E-state index in [2.05, 4.69) is 4.90 Å². The third-order valence-electron chi connectivity index (χ3n) is 5.65. The van der Waals surface area contributed by atoms with Crippen LogP contribution < -0.4 is 0 Å². The molecular weight excluding hydrogens is 420 g/mol. The second-order valence-electron chi connectivity index (χ2n) is 8.40. The predicted octanol–water partition coefficient (Wildman–Crippen LogP) is 1.98. The van der Waals surface area contributed by atoms with Gasteiger partial charge < -0.3 is 24.2 Å². The summed E-state index contributed by atoms with van der Waals surface area (Å²) in [6.07, 6.45) is -0.317. The van der Waals surface area contributed by atoms with E-state index in [0.717, 1.165) is 17.7 Å². The van der Waals surface area contributed by atoms with Crippen molar-refractivity contribution in [3.05, 3.63) is 71.8 Å². The first kappa shape index (κ1) is 25.3. The molecular formula is C26H36N2O5. The molecule has 180 valence electrons. The first-order valence-corrected chi connectivity index (χ1v) is 11.6. The molecule has 0 unspecified atom stereocenters. The van der Waals surface area contributed by atoms with Crippen LogP contribution in [-0.2, 0) is 32.0 Å². The van der Waals surface area contributed by atoms with Crippen LogP contribution in [0.3, 0.4) is 0 Å². The molecule has 33 heavy (non-hydrogen) atoms. The minimum Gasteiger partial charge on any atom is -0.389 e. The number of hydrogen-bond acceptors (Lipinski definition) is 6. The van der Waals surface area contributed by atoms with Crippen molar-refractivity contribution in [3.8, 4) is 0 Å². The molecule has 0 radical (unpaired) electrons. The van der Waals surface area contributed by atoms with Gasteiger partial charge in [-0.2, -0.15) is 0 Å². The molecule has 0 aliphatic carbocycles. The average molecular weight is 457 g/mol. The van der Waals surface area contributed by atoms with Crippen LogP contribution in [0.1, 0.15) is 11.1 Å². The molecule has 0 bridgehead atoms. The Kier molecular flexibility index (Phi) is 10.8. The van der Waals surface area contributed by atoms with Crippen molar-refractivity contribution in [2.24, 2.45) is 0 Å². The number of β-amino-alcohol motifs (C(OH)–C–C–N with tert-alkyl or cyclic N) is 1. The summed E-state index contributed by atoms with van der Waals surface area (Å²) >= 11 is 0. The average Bonchev–Trinajstić information content (AvgIpc) is 2.83. The van der Waals surface area contributed by atoms with Crippen LogP contribution in [0.2, 0.25) is 0 Å². The Morgan fingerprint density at radius 1 is 1.15 bits per heavy atom. The van der Waals surface area contributed by atoms with Gasteiger partial charge in [0.25, 0.3) is 0 Å². The van der Waals surface area contributed by atoms with Gasteiger partial charge in [0.1, 0.15) is 0 Å². The summed E-state index contributed by atoms with van der Waals surface area (Å²) in [5.74, 6) is 0.0633. The quantitative estimate of drug-likeness (QED) is 0.497. The molecule has 1 aliphatic heterocycles. The topological polar surface area (TPSA) is 71.5 Å². The highest BCUT2D eigenvalue weighted by molar-refractivity contribution is 5.78. The number of ether oxygens (including phenoxy) is 3. The lowest BCUT2D eigenvalue weighted by molar-refractivity contribution is -0.135. The number of amides is 1. The van der Waals surface area contributed by atoms with Gasteiger partial charge in [-0.15, -0.1) is 0 Å². The third-order valence-corrected chi connectivity index (χ3v) is 5.65. The minimum atomic E-state index is -0.572. The number of morpholine rings is 1. The number of aliphatic hydroxyl groups excluding tert-OH is 1. The summed E-state index contributed by atoms with van der Waals surface area (Å²) in [5, 5.41) is 10.4. The van der Waals surface area contributed by atoms with E-state index in [1.807, 2.05) is 65.6 Å². The van der Waals surface area contributed by atoms with Crippen LogP contribution in [0.15, 0.2) is 60.7 Å². The fourth-order valence-corrected chi connectivity index (χ4v) is 3.94. The Morgan fingerprint density at radius 2 is 1.85 bits per heavy atom. The van der Waals surface area contributed by atoms with Gasteiger partial charge in [-0.3, -0.25) is 9.69 Å². The van der Waals surface area contributed by atoms with Gasteiger partial charge in [0.15, 0.2) is 0 Å². The van der Waals surface area contributed by atoms with Crippen molar-refractivity contribution < 1.29 is 24.1 Å².